The van der Waals surface area contributed by atoms with Gasteiger partial charge in [-0.2, -0.15) is 0 Å². The van der Waals surface area contributed by atoms with Gasteiger partial charge in [0.05, 0.1) is 38.2 Å². The molecule has 184 valence electrons. The van der Waals surface area contributed by atoms with Crippen molar-refractivity contribution in [3.05, 3.63) is 77.9 Å². The summed E-state index contributed by atoms with van der Waals surface area (Å²) in [6.45, 7) is 2.79. The van der Waals surface area contributed by atoms with Crippen LogP contribution in [0.1, 0.15) is 11.1 Å². The second kappa shape index (κ2) is 10.3. The van der Waals surface area contributed by atoms with Crippen molar-refractivity contribution in [3.63, 3.8) is 0 Å². The molecule has 2 heterocycles. The number of fused-ring (bicyclic) bond motifs is 1. The lowest BCUT2D eigenvalue weighted by molar-refractivity contribution is -0.0000103. The van der Waals surface area contributed by atoms with Crippen LogP contribution in [0, 0.1) is 5.41 Å². The first-order valence-electron chi connectivity index (χ1n) is 11.0. The fraction of sp³-hybridized carbons (Fsp3) is 0.240. The van der Waals surface area contributed by atoms with Gasteiger partial charge in [-0.15, -0.1) is 0 Å². The first kappa shape index (κ1) is 25.0. The number of sulfonamides is 1. The molecule has 1 fully saturated rings. The van der Waals surface area contributed by atoms with Crippen molar-refractivity contribution < 1.29 is 34.9 Å². The van der Waals surface area contributed by atoms with Crippen LogP contribution in [-0.4, -0.2) is 47.7 Å². The number of hydrogen-bond donors (Lipinski definition) is 2. The highest BCUT2D eigenvalue weighted by Crippen LogP contribution is 2.36. The Labute approximate surface area is 215 Å². The monoisotopic (exact) mass is 557 g/mol. The number of benzene rings is 3. The zero-order valence-electron chi connectivity index (χ0n) is 19.2. The van der Waals surface area contributed by atoms with E-state index in [4.69, 9.17) is 14.9 Å². The van der Waals surface area contributed by atoms with Crippen molar-refractivity contribution in [1.29, 1.82) is 5.41 Å². The highest BCUT2D eigenvalue weighted by atomic mass is 79.9. The number of nitrogens with one attached hydrogen (secondary N) is 2. The second-order valence-electron chi connectivity index (χ2n) is 8.15. The van der Waals surface area contributed by atoms with Gasteiger partial charge in [-0.05, 0) is 35.9 Å². The van der Waals surface area contributed by atoms with Crippen molar-refractivity contribution in [3.8, 4) is 5.75 Å². The molecule has 0 atom stereocenters. The van der Waals surface area contributed by atoms with Crippen LogP contribution in [0.15, 0.2) is 71.6 Å². The summed E-state index contributed by atoms with van der Waals surface area (Å²) in [6.07, 6.45) is 0. The number of para-hydroxylation sites is 2. The third kappa shape index (κ3) is 4.86. The largest absolute Gasteiger partial charge is 1.00 e. The third-order valence-corrected chi connectivity index (χ3v) is 7.51. The number of methoxy groups -OCH3 is 1. The fourth-order valence-electron chi connectivity index (χ4n) is 4.38. The first-order valence-corrected chi connectivity index (χ1v) is 12.5. The van der Waals surface area contributed by atoms with Gasteiger partial charge in [0.25, 0.3) is 10.0 Å². The molecule has 35 heavy (non-hydrogen) atoms. The lowest BCUT2D eigenvalue weighted by Gasteiger charge is -2.31. The van der Waals surface area contributed by atoms with Gasteiger partial charge in [0, 0.05) is 24.3 Å². The zero-order chi connectivity index (χ0) is 23.7. The molecule has 2 N–H and O–H groups in total. The summed E-state index contributed by atoms with van der Waals surface area (Å²) < 4.78 is 40.9. The van der Waals surface area contributed by atoms with E-state index in [1.807, 2.05) is 46.2 Å². The van der Waals surface area contributed by atoms with Crippen molar-refractivity contribution in [2.75, 3.05) is 47.9 Å². The molecular weight excluding hydrogens is 532 g/mol. The molecule has 10 heteroatoms. The number of rotatable bonds is 6. The summed E-state index contributed by atoms with van der Waals surface area (Å²) in [4.78, 5) is 4.01. The number of amidine groups is 1. The van der Waals surface area contributed by atoms with E-state index in [1.54, 1.807) is 30.3 Å². The average molecular weight is 558 g/mol. The van der Waals surface area contributed by atoms with Gasteiger partial charge in [0.1, 0.15) is 16.5 Å². The van der Waals surface area contributed by atoms with Crippen molar-refractivity contribution in [2.24, 2.45) is 0 Å². The molecule has 8 nitrogen and oxygen atoms in total. The Morgan fingerprint density at radius 3 is 2.46 bits per heavy atom. The van der Waals surface area contributed by atoms with E-state index in [0.29, 0.717) is 61.5 Å². The summed E-state index contributed by atoms with van der Waals surface area (Å²) in [5, 5.41) is 8.65. The molecule has 0 amide bonds. The fourth-order valence-corrected chi connectivity index (χ4v) is 5.70. The molecule has 0 bridgehead atoms. The maximum Gasteiger partial charge on any atom is 0.264 e. The first-order chi connectivity index (χ1) is 16.5. The maximum atomic E-state index is 13.7. The molecule has 2 aliphatic heterocycles. The van der Waals surface area contributed by atoms with Gasteiger partial charge in [0.15, 0.2) is 0 Å². The van der Waals surface area contributed by atoms with E-state index in [2.05, 4.69) is 4.72 Å². The minimum absolute atomic E-state index is 0. The van der Waals surface area contributed by atoms with E-state index in [-0.39, 0.29) is 21.9 Å². The Balaban J connectivity index is 0.00000289. The molecule has 0 radical (unpaired) electrons. The minimum atomic E-state index is -3.97. The lowest BCUT2D eigenvalue weighted by atomic mass is 10.1. The number of morpholine rings is 1. The minimum Gasteiger partial charge on any atom is -1.00 e. The number of nitrogens with zero attached hydrogens (tertiary/aromatic N) is 2. The predicted octanol–water partition coefficient (Wildman–Crippen LogP) is 0.682. The van der Waals surface area contributed by atoms with E-state index in [0.717, 1.165) is 11.1 Å². The molecule has 1 saturated heterocycles. The predicted molar refractivity (Wildman–Crippen MR) is 133 cm³/mol. The molecule has 0 unspecified atom stereocenters. The van der Waals surface area contributed by atoms with Crippen LogP contribution >= 0.6 is 0 Å². The highest BCUT2D eigenvalue weighted by molar-refractivity contribution is 7.93. The molecule has 0 saturated carbocycles. The maximum absolute atomic E-state index is 13.7. The topological polar surface area (TPSA) is 95.0 Å². The number of anilines is 3. The SMILES string of the molecule is COc1ccccc1NS(=O)(=O)c1cc(N2Cc3ccccc3C2=N)ccc1N1CCOCC1.[Br-]. The summed E-state index contributed by atoms with van der Waals surface area (Å²) >= 11 is 0. The molecule has 3 aromatic rings. The van der Waals surface area contributed by atoms with Gasteiger partial charge < -0.3 is 36.3 Å². The Kier molecular flexibility index (Phi) is 7.34. The van der Waals surface area contributed by atoms with Crippen LogP contribution in [0.3, 0.4) is 0 Å². The van der Waals surface area contributed by atoms with E-state index < -0.39 is 10.0 Å². The third-order valence-electron chi connectivity index (χ3n) is 6.12. The second-order valence-corrected chi connectivity index (χ2v) is 9.80. The van der Waals surface area contributed by atoms with E-state index in [1.165, 1.54) is 7.11 Å². The van der Waals surface area contributed by atoms with Crippen LogP contribution in [0.2, 0.25) is 0 Å². The van der Waals surface area contributed by atoms with E-state index in [9.17, 15) is 8.42 Å². The number of ether oxygens (including phenoxy) is 2. The quantitative estimate of drug-likeness (QED) is 0.463. The highest BCUT2D eigenvalue weighted by Gasteiger charge is 2.29. The zero-order valence-corrected chi connectivity index (χ0v) is 21.6. The molecular formula is C25H26BrN4O4S-. The van der Waals surface area contributed by atoms with Crippen molar-refractivity contribution in [1.82, 2.24) is 0 Å². The van der Waals surface area contributed by atoms with Crippen molar-refractivity contribution in [2.45, 2.75) is 11.4 Å². The van der Waals surface area contributed by atoms with Crippen LogP contribution in [0.4, 0.5) is 17.1 Å². The van der Waals surface area contributed by atoms with Crippen molar-refractivity contribution >= 4 is 32.9 Å². The van der Waals surface area contributed by atoms with E-state index >= 15 is 0 Å². The van der Waals surface area contributed by atoms with Crippen LogP contribution in [0.25, 0.3) is 0 Å². The molecule has 5 rings (SSSR count). The Bertz CT molecular complexity index is 1340. The van der Waals surface area contributed by atoms with Gasteiger partial charge in [-0.1, -0.05) is 36.4 Å². The molecule has 0 aromatic heterocycles. The van der Waals surface area contributed by atoms with Gasteiger partial charge >= 0.3 is 0 Å². The Hall–Kier alpha value is -3.08. The average Bonchev–Trinajstić information content (AvgIpc) is 3.21. The molecule has 2 aliphatic rings. The summed E-state index contributed by atoms with van der Waals surface area (Å²) in [5.74, 6) is 0.794. The van der Waals surface area contributed by atoms with Crippen LogP contribution < -0.4 is 36.2 Å². The summed E-state index contributed by atoms with van der Waals surface area (Å²) in [7, 11) is -2.47. The molecule has 0 spiro atoms. The Morgan fingerprint density at radius 1 is 1.00 bits per heavy atom. The van der Waals surface area contributed by atoms with Gasteiger partial charge in [-0.25, -0.2) is 8.42 Å². The standard InChI is InChI=1S/C25H26N4O4S.BrH/c1-32-23-9-5-4-8-21(23)27-34(30,31)24-16-19(10-11-22(24)28-12-14-33-15-13-28)29-17-18-6-2-3-7-20(18)25(29)26;/h2-11,16,26-27H,12-15,17H2,1H3;1H/p-1. The number of halogens is 1. The lowest BCUT2D eigenvalue weighted by Crippen LogP contribution is -3.00. The smallest absolute Gasteiger partial charge is 0.264 e. The number of hydrogen-bond acceptors (Lipinski definition) is 6. The summed E-state index contributed by atoms with van der Waals surface area (Å²) in [6, 6.07) is 20.0. The molecule has 0 aliphatic carbocycles. The normalized spacial score (nSPS) is 15.4. The molecule has 3 aromatic carbocycles. The Morgan fingerprint density at radius 2 is 1.71 bits per heavy atom. The van der Waals surface area contributed by atoms with Gasteiger partial charge in [0.2, 0.25) is 0 Å². The summed E-state index contributed by atoms with van der Waals surface area (Å²) in [5.41, 5.74) is 3.53. The van der Waals surface area contributed by atoms with Crippen LogP contribution in [0.5, 0.6) is 5.75 Å². The van der Waals surface area contributed by atoms with Gasteiger partial charge in [-0.3, -0.25) is 10.1 Å². The van der Waals surface area contributed by atoms with Crippen LogP contribution in [-0.2, 0) is 21.3 Å².